The number of likely N-dealkylation sites (tertiary alicyclic amines) is 1. The molecule has 4 aliphatic rings. The Morgan fingerprint density at radius 3 is 3.14 bits per heavy atom. The van der Waals surface area contributed by atoms with Crippen LogP contribution >= 0.6 is 0 Å². The fourth-order valence-corrected chi connectivity index (χ4v) is 5.52. The molecule has 2 bridgehead atoms. The average Bonchev–Trinajstić information content (AvgIpc) is 2.83. The van der Waals surface area contributed by atoms with E-state index in [4.69, 9.17) is 4.74 Å². The molecule has 0 amide bonds. The summed E-state index contributed by atoms with van der Waals surface area (Å²) in [6.45, 7) is 1.00. The molecule has 4 heteroatoms. The molecule has 2 heterocycles. The molecule has 0 radical (unpaired) electrons. The first-order valence-corrected chi connectivity index (χ1v) is 7.88. The van der Waals surface area contributed by atoms with Crippen LogP contribution in [0.3, 0.4) is 0 Å². The zero-order valence-electron chi connectivity index (χ0n) is 12.1. The Morgan fingerprint density at radius 2 is 2.29 bits per heavy atom. The number of phenolic OH excluding ortho intramolecular Hbond substituents is 1. The van der Waals surface area contributed by atoms with Crippen molar-refractivity contribution < 1.29 is 14.6 Å². The Balaban J connectivity index is 1.83. The molecule has 1 N–H and O–H groups in total. The number of carbonyl (C=O) groups is 1. The Hall–Kier alpha value is -1.55. The number of rotatable bonds is 0. The first-order chi connectivity index (χ1) is 10.1. The van der Waals surface area contributed by atoms with Crippen molar-refractivity contribution in [3.05, 3.63) is 23.3 Å². The van der Waals surface area contributed by atoms with E-state index in [-0.39, 0.29) is 23.1 Å². The third-order valence-corrected chi connectivity index (χ3v) is 6.39. The summed E-state index contributed by atoms with van der Waals surface area (Å²) in [5.41, 5.74) is 2.26. The fourth-order valence-electron chi connectivity index (χ4n) is 5.52. The molecule has 2 aliphatic carbocycles. The average molecular weight is 284 g/mol. The number of ether oxygens (including phenoxy) is 1. The van der Waals surface area contributed by atoms with Crippen molar-refractivity contribution in [1.82, 2.24) is 4.90 Å². The summed E-state index contributed by atoms with van der Waals surface area (Å²) in [7, 11) is 2.20. The lowest BCUT2D eigenvalue weighted by Gasteiger charge is -2.57. The van der Waals surface area contributed by atoms with Gasteiger partial charge in [-0.15, -0.1) is 0 Å². The Labute approximate surface area is 123 Å². The van der Waals surface area contributed by atoms with Crippen molar-refractivity contribution in [3.63, 3.8) is 0 Å². The van der Waals surface area contributed by atoms with E-state index in [0.717, 1.165) is 31.4 Å². The van der Waals surface area contributed by atoms with Gasteiger partial charge in [-0.1, -0.05) is 6.07 Å². The van der Waals surface area contributed by atoms with Crippen LogP contribution < -0.4 is 4.74 Å². The van der Waals surface area contributed by atoms with E-state index in [1.807, 2.05) is 6.07 Å². The lowest BCUT2D eigenvalue weighted by Crippen LogP contribution is -2.65. The molecule has 2 aliphatic heterocycles. The van der Waals surface area contributed by atoms with Crippen LogP contribution in [0, 0.1) is 5.92 Å². The number of ketones is 1. The summed E-state index contributed by atoms with van der Waals surface area (Å²) >= 11 is 0. The molecule has 1 saturated carbocycles. The highest BCUT2D eigenvalue weighted by Crippen LogP contribution is 2.62. The van der Waals surface area contributed by atoms with E-state index in [0.29, 0.717) is 24.1 Å². The van der Waals surface area contributed by atoms with Gasteiger partial charge in [0.25, 0.3) is 0 Å². The van der Waals surface area contributed by atoms with Crippen LogP contribution in [0.15, 0.2) is 12.1 Å². The van der Waals surface area contributed by atoms with E-state index in [1.165, 1.54) is 5.56 Å². The predicted octanol–water partition coefficient (Wildman–Crippen LogP) is 1.63. The van der Waals surface area contributed by atoms with Gasteiger partial charge in [0.15, 0.2) is 23.4 Å². The second kappa shape index (κ2) is 3.61. The van der Waals surface area contributed by atoms with E-state index in [2.05, 4.69) is 11.9 Å². The van der Waals surface area contributed by atoms with Gasteiger partial charge in [-0.25, -0.2) is 0 Å². The lowest BCUT2D eigenvalue weighted by atomic mass is 9.51. The van der Waals surface area contributed by atoms with E-state index < -0.39 is 0 Å². The van der Waals surface area contributed by atoms with Crippen molar-refractivity contribution in [2.75, 3.05) is 13.6 Å². The van der Waals surface area contributed by atoms with Gasteiger partial charge in [-0.3, -0.25) is 4.79 Å². The number of benzene rings is 1. The third kappa shape index (κ3) is 1.20. The van der Waals surface area contributed by atoms with E-state index >= 15 is 0 Å². The number of phenols is 1. The SMILES string of the molecule is [11CH3]N1CCC23c4c5ccc(O)c4OC2C(=O)CCC3C1C5. The highest BCUT2D eigenvalue weighted by Gasteiger charge is 2.65. The third-order valence-electron chi connectivity index (χ3n) is 6.39. The summed E-state index contributed by atoms with van der Waals surface area (Å²) in [6.07, 6.45) is 3.18. The van der Waals surface area contributed by atoms with Crippen LogP contribution in [0.4, 0.5) is 0 Å². The number of hydrogen-bond acceptors (Lipinski definition) is 4. The van der Waals surface area contributed by atoms with Gasteiger partial charge in [0.05, 0.1) is 0 Å². The molecule has 4 atom stereocenters. The molecule has 110 valence electrons. The number of piperidine rings is 1. The highest BCUT2D eigenvalue weighted by atomic mass is 16.5. The van der Waals surface area contributed by atoms with Crippen LogP contribution in [-0.2, 0) is 16.6 Å². The number of hydrogen-bond donors (Lipinski definition) is 1. The molecule has 4 nitrogen and oxygen atoms in total. The largest absolute Gasteiger partial charge is 0.504 e. The van der Waals surface area contributed by atoms with Gasteiger partial charge in [-0.2, -0.15) is 0 Å². The summed E-state index contributed by atoms with van der Waals surface area (Å²) in [5, 5.41) is 10.2. The van der Waals surface area contributed by atoms with Gasteiger partial charge >= 0.3 is 0 Å². The molecule has 21 heavy (non-hydrogen) atoms. The zero-order chi connectivity index (χ0) is 14.4. The highest BCUT2D eigenvalue weighted by molar-refractivity contribution is 5.89. The van der Waals surface area contributed by atoms with Gasteiger partial charge < -0.3 is 14.7 Å². The maximum absolute atomic E-state index is 12.5. The quantitative estimate of drug-likeness (QED) is 0.786. The molecule has 0 aromatic heterocycles. The smallest absolute Gasteiger partial charge is 0.174 e. The Morgan fingerprint density at radius 1 is 1.43 bits per heavy atom. The molecule has 2 fully saturated rings. The number of Topliss-reactive ketones (excluding diaryl/α,β-unsaturated/α-hetero) is 1. The molecule has 1 spiro atoms. The van der Waals surface area contributed by atoms with Gasteiger partial charge in [-0.05, 0) is 50.4 Å². The molecule has 1 aromatic carbocycles. The molecule has 1 aromatic rings. The number of nitrogens with zero attached hydrogens (tertiary/aromatic N) is 1. The van der Waals surface area contributed by atoms with Gasteiger partial charge in [0.2, 0.25) is 0 Å². The second-order valence-corrected chi connectivity index (χ2v) is 7.10. The normalized spacial score (nSPS) is 39.9. The summed E-state index contributed by atoms with van der Waals surface area (Å²) < 4.78 is 6.04. The molecule has 4 unspecified atom stereocenters. The van der Waals surface area contributed by atoms with Gasteiger partial charge in [0, 0.05) is 23.4 Å². The van der Waals surface area contributed by atoms with Crippen LogP contribution in [0.5, 0.6) is 11.5 Å². The van der Waals surface area contributed by atoms with Crippen molar-refractivity contribution in [1.29, 1.82) is 0 Å². The number of likely N-dealkylation sites (N-methyl/N-ethyl adjacent to an activating group) is 1. The Kier molecular flexibility index (Phi) is 2.07. The zero-order valence-corrected chi connectivity index (χ0v) is 12.1. The monoisotopic (exact) mass is 284 g/mol. The topological polar surface area (TPSA) is 49.8 Å². The second-order valence-electron chi connectivity index (χ2n) is 7.10. The van der Waals surface area contributed by atoms with Crippen molar-refractivity contribution in [2.24, 2.45) is 5.92 Å². The van der Waals surface area contributed by atoms with Crippen LogP contribution in [-0.4, -0.2) is 41.5 Å². The van der Waals surface area contributed by atoms with Crippen molar-refractivity contribution in [2.45, 2.75) is 43.2 Å². The molecular weight excluding hydrogens is 265 g/mol. The Bertz CT molecular complexity index is 670. The minimum atomic E-state index is -0.366. The first-order valence-electron chi connectivity index (χ1n) is 7.88. The number of carbonyl (C=O) groups excluding carboxylic acids is 1. The van der Waals surface area contributed by atoms with Crippen molar-refractivity contribution >= 4 is 5.78 Å². The molecule has 5 rings (SSSR count). The first kappa shape index (κ1) is 12.0. The van der Waals surface area contributed by atoms with Crippen LogP contribution in [0.2, 0.25) is 0 Å². The maximum Gasteiger partial charge on any atom is 0.174 e. The van der Waals surface area contributed by atoms with Crippen molar-refractivity contribution in [3.8, 4) is 11.5 Å². The summed E-state index contributed by atoms with van der Waals surface area (Å²) in [6, 6.07) is 4.26. The number of aromatic hydroxyl groups is 1. The molecular formula is C17H19NO3. The fraction of sp³-hybridized carbons (Fsp3) is 0.588. The van der Waals surface area contributed by atoms with E-state index in [1.54, 1.807) is 6.07 Å². The maximum atomic E-state index is 12.5. The minimum absolute atomic E-state index is 0.172. The summed E-state index contributed by atoms with van der Waals surface area (Å²) in [5.74, 6) is 1.50. The summed E-state index contributed by atoms with van der Waals surface area (Å²) in [4.78, 5) is 14.9. The minimum Gasteiger partial charge on any atom is -0.504 e. The van der Waals surface area contributed by atoms with Crippen LogP contribution in [0.1, 0.15) is 30.4 Å². The van der Waals surface area contributed by atoms with E-state index in [9.17, 15) is 9.90 Å². The lowest BCUT2D eigenvalue weighted by molar-refractivity contribution is -0.138. The molecule has 1 saturated heterocycles. The van der Waals surface area contributed by atoms with Crippen LogP contribution in [0.25, 0.3) is 0 Å². The standard InChI is InChI=1S/C17H19NO3/c1-18-7-6-17-10-3-5-13(20)16(17)21-15-12(19)4-2-9(14(15)17)8-11(10)18/h2,4,10-11,16,19H,3,5-8H2,1H3/i1-1. The predicted molar refractivity (Wildman–Crippen MR) is 76.7 cm³/mol. The van der Waals surface area contributed by atoms with Gasteiger partial charge in [0.1, 0.15) is 0 Å².